The first-order valence-corrected chi connectivity index (χ1v) is 8.76. The monoisotopic (exact) mass is 381 g/mol. The van der Waals surface area contributed by atoms with E-state index in [0.29, 0.717) is 46.2 Å². The summed E-state index contributed by atoms with van der Waals surface area (Å²) in [7, 11) is 0. The molecule has 2 aliphatic rings. The summed E-state index contributed by atoms with van der Waals surface area (Å²) in [4.78, 5) is 25.2. The highest BCUT2D eigenvalue weighted by Gasteiger charge is 2.42. The van der Waals surface area contributed by atoms with Crippen LogP contribution in [0.2, 0.25) is 10.0 Å². The average Bonchev–Trinajstić information content (AvgIpc) is 2.54. The fourth-order valence-corrected chi connectivity index (χ4v) is 3.85. The third-order valence-corrected chi connectivity index (χ3v) is 4.93. The van der Waals surface area contributed by atoms with Crippen molar-refractivity contribution in [2.75, 3.05) is 6.61 Å². The lowest BCUT2D eigenvalue weighted by molar-refractivity contribution is -0.139. The lowest BCUT2D eigenvalue weighted by Gasteiger charge is -2.33. The molecule has 0 bridgehead atoms. The Kier molecular flexibility index (Phi) is 5.06. The Morgan fingerprint density at radius 1 is 1.32 bits per heavy atom. The summed E-state index contributed by atoms with van der Waals surface area (Å²) < 4.78 is 10.7. The molecule has 5 nitrogen and oxygen atoms in total. The molecule has 0 amide bonds. The number of halogens is 2. The van der Waals surface area contributed by atoms with Crippen molar-refractivity contribution < 1.29 is 19.1 Å². The van der Waals surface area contributed by atoms with Crippen molar-refractivity contribution in [2.45, 2.75) is 32.1 Å². The third kappa shape index (κ3) is 3.14. The fourth-order valence-electron chi connectivity index (χ4n) is 3.24. The van der Waals surface area contributed by atoms with E-state index in [1.54, 1.807) is 25.1 Å². The molecule has 1 atom stereocenters. The zero-order valence-electron chi connectivity index (χ0n) is 13.6. The SMILES string of the molecule is CCOC(=O)C1=C(N)OC2=C(C(=O)CCC2)[C@@H]1c1c(Cl)cccc1Cl. The highest BCUT2D eigenvalue weighted by molar-refractivity contribution is 6.36. The van der Waals surface area contributed by atoms with E-state index in [9.17, 15) is 9.59 Å². The Bertz CT molecular complexity index is 793. The summed E-state index contributed by atoms with van der Waals surface area (Å²) in [5.41, 5.74) is 6.92. The topological polar surface area (TPSA) is 78.6 Å². The van der Waals surface area contributed by atoms with Crippen LogP contribution in [0.1, 0.15) is 37.7 Å². The van der Waals surface area contributed by atoms with Crippen LogP contribution < -0.4 is 5.73 Å². The van der Waals surface area contributed by atoms with Crippen LogP contribution in [0.3, 0.4) is 0 Å². The maximum Gasteiger partial charge on any atom is 0.340 e. The Morgan fingerprint density at radius 3 is 2.64 bits per heavy atom. The van der Waals surface area contributed by atoms with E-state index in [-0.39, 0.29) is 23.8 Å². The molecule has 0 fully saturated rings. The molecule has 2 N–H and O–H groups in total. The largest absolute Gasteiger partial charge is 0.462 e. The molecule has 7 heteroatoms. The molecule has 1 aromatic carbocycles. The van der Waals surface area contributed by atoms with Gasteiger partial charge in [-0.2, -0.15) is 0 Å². The number of allylic oxidation sites excluding steroid dienone is 2. The molecule has 25 heavy (non-hydrogen) atoms. The van der Waals surface area contributed by atoms with Gasteiger partial charge in [0.25, 0.3) is 0 Å². The summed E-state index contributed by atoms with van der Waals surface area (Å²) >= 11 is 12.7. The molecule has 1 heterocycles. The van der Waals surface area contributed by atoms with Crippen molar-refractivity contribution >= 4 is 35.0 Å². The second kappa shape index (κ2) is 7.10. The molecule has 1 aromatic rings. The number of carbonyl (C=O) groups excluding carboxylic acids is 2. The van der Waals surface area contributed by atoms with Crippen molar-refractivity contribution in [1.29, 1.82) is 0 Å². The Labute approximate surface area is 155 Å². The highest BCUT2D eigenvalue weighted by atomic mass is 35.5. The second-order valence-electron chi connectivity index (χ2n) is 5.78. The number of rotatable bonds is 3. The quantitative estimate of drug-likeness (QED) is 0.804. The lowest BCUT2D eigenvalue weighted by atomic mass is 9.77. The molecule has 0 unspecified atom stereocenters. The fraction of sp³-hybridized carbons (Fsp3) is 0.333. The van der Waals surface area contributed by atoms with E-state index in [4.69, 9.17) is 38.4 Å². The van der Waals surface area contributed by atoms with E-state index in [1.807, 2.05) is 0 Å². The predicted octanol–water partition coefficient (Wildman–Crippen LogP) is 3.85. The normalized spacial score (nSPS) is 20.3. The van der Waals surface area contributed by atoms with Crippen molar-refractivity contribution in [3.63, 3.8) is 0 Å². The maximum atomic E-state index is 12.6. The summed E-state index contributed by atoms with van der Waals surface area (Å²) in [6.45, 7) is 1.85. The van der Waals surface area contributed by atoms with Crippen molar-refractivity contribution in [1.82, 2.24) is 0 Å². The first-order chi connectivity index (χ1) is 12.0. The number of nitrogens with two attached hydrogens (primary N) is 1. The van der Waals surface area contributed by atoms with E-state index in [2.05, 4.69) is 0 Å². The van der Waals surface area contributed by atoms with Crippen LogP contribution in [0.5, 0.6) is 0 Å². The number of hydrogen-bond donors (Lipinski definition) is 1. The van der Waals surface area contributed by atoms with Gasteiger partial charge in [0.1, 0.15) is 11.3 Å². The molecule has 0 radical (unpaired) electrons. The molecule has 3 rings (SSSR count). The van der Waals surface area contributed by atoms with Crippen LogP contribution in [-0.4, -0.2) is 18.4 Å². The van der Waals surface area contributed by atoms with Crippen LogP contribution in [0.15, 0.2) is 41.0 Å². The number of Topliss-reactive ketones (excluding diaryl/α,β-unsaturated/α-hetero) is 1. The number of esters is 1. The predicted molar refractivity (Wildman–Crippen MR) is 94.0 cm³/mol. The standard InChI is InChI=1S/C18H17Cl2NO4/c1-2-24-18(23)16-15(13-9(19)5-3-6-10(13)20)14-11(22)7-4-8-12(14)25-17(16)21/h3,5-6,15H,2,4,7-8,21H2,1H3/t15-/m0/s1. The van der Waals surface area contributed by atoms with Crippen LogP contribution >= 0.6 is 23.2 Å². The van der Waals surface area contributed by atoms with Gasteiger partial charge in [-0.05, 0) is 25.5 Å². The van der Waals surface area contributed by atoms with Crippen LogP contribution in [0.25, 0.3) is 0 Å². The maximum absolute atomic E-state index is 12.6. The number of carbonyl (C=O) groups is 2. The molecule has 0 saturated heterocycles. The van der Waals surface area contributed by atoms with E-state index < -0.39 is 11.9 Å². The smallest absolute Gasteiger partial charge is 0.340 e. The Morgan fingerprint density at radius 2 is 2.00 bits per heavy atom. The first kappa shape index (κ1) is 17.8. The Balaban J connectivity index is 2.25. The average molecular weight is 382 g/mol. The number of hydrogen-bond acceptors (Lipinski definition) is 5. The van der Waals surface area contributed by atoms with E-state index in [1.165, 1.54) is 0 Å². The van der Waals surface area contributed by atoms with Crippen molar-refractivity contribution in [2.24, 2.45) is 5.73 Å². The van der Waals surface area contributed by atoms with Gasteiger partial charge in [-0.25, -0.2) is 4.79 Å². The van der Waals surface area contributed by atoms with Crippen molar-refractivity contribution in [3.8, 4) is 0 Å². The highest BCUT2D eigenvalue weighted by Crippen LogP contribution is 2.47. The zero-order valence-corrected chi connectivity index (χ0v) is 15.1. The van der Waals surface area contributed by atoms with Gasteiger partial charge < -0.3 is 15.2 Å². The summed E-state index contributed by atoms with van der Waals surface area (Å²) in [6, 6.07) is 5.01. The third-order valence-electron chi connectivity index (χ3n) is 4.27. The molecular weight excluding hydrogens is 365 g/mol. The molecule has 0 aromatic heterocycles. The van der Waals surface area contributed by atoms with Gasteiger partial charge in [0.2, 0.25) is 5.88 Å². The van der Waals surface area contributed by atoms with Crippen LogP contribution in [0, 0.1) is 0 Å². The summed E-state index contributed by atoms with van der Waals surface area (Å²) in [5.74, 6) is -1.14. The molecule has 0 spiro atoms. The minimum absolute atomic E-state index is 0.0610. The van der Waals surface area contributed by atoms with Gasteiger partial charge in [0, 0.05) is 34.0 Å². The van der Waals surface area contributed by atoms with Crippen LogP contribution in [0.4, 0.5) is 0 Å². The lowest BCUT2D eigenvalue weighted by Crippen LogP contribution is -2.31. The number of benzene rings is 1. The van der Waals surface area contributed by atoms with E-state index in [0.717, 1.165) is 0 Å². The molecule has 1 aliphatic heterocycles. The molecule has 0 saturated carbocycles. The van der Waals surface area contributed by atoms with Gasteiger partial charge in [0.15, 0.2) is 5.78 Å². The van der Waals surface area contributed by atoms with Gasteiger partial charge in [-0.1, -0.05) is 29.3 Å². The van der Waals surface area contributed by atoms with Gasteiger partial charge in [-0.15, -0.1) is 0 Å². The molecule has 132 valence electrons. The van der Waals surface area contributed by atoms with Gasteiger partial charge >= 0.3 is 5.97 Å². The van der Waals surface area contributed by atoms with E-state index >= 15 is 0 Å². The molecular formula is C18H17Cl2NO4. The Hall–Kier alpha value is -1.98. The summed E-state index contributed by atoms with van der Waals surface area (Å²) in [6.07, 6.45) is 1.61. The first-order valence-electron chi connectivity index (χ1n) is 8.00. The number of ether oxygens (including phenoxy) is 2. The van der Waals surface area contributed by atoms with Crippen LogP contribution in [-0.2, 0) is 19.1 Å². The minimum atomic E-state index is -0.795. The van der Waals surface area contributed by atoms with Crippen molar-refractivity contribution in [3.05, 3.63) is 56.6 Å². The minimum Gasteiger partial charge on any atom is -0.462 e. The van der Waals surface area contributed by atoms with Gasteiger partial charge in [0.05, 0.1) is 12.5 Å². The molecule has 1 aliphatic carbocycles. The second-order valence-corrected chi connectivity index (χ2v) is 6.60. The zero-order chi connectivity index (χ0) is 18.1. The van der Waals surface area contributed by atoms with Gasteiger partial charge in [-0.3, -0.25) is 4.79 Å². The summed E-state index contributed by atoms with van der Waals surface area (Å²) in [5, 5.41) is 0.693. The number of ketones is 1.